The maximum Gasteiger partial charge on any atom is 0.410 e. The van der Waals surface area contributed by atoms with Crippen molar-refractivity contribution in [3.8, 4) is 0 Å². The summed E-state index contributed by atoms with van der Waals surface area (Å²) < 4.78 is 43.2. The van der Waals surface area contributed by atoms with E-state index in [1.54, 1.807) is 0 Å². The number of carbonyl (C=O) groups excluding carboxylic acids is 1. The third-order valence-corrected chi connectivity index (χ3v) is 7.84. The van der Waals surface area contributed by atoms with Gasteiger partial charge in [0.15, 0.2) is 6.04 Å². The lowest BCUT2D eigenvalue weighted by Gasteiger charge is -2.42. The van der Waals surface area contributed by atoms with Crippen LogP contribution < -0.4 is 5.32 Å². The minimum Gasteiger partial charge on any atom is -0.363 e. The van der Waals surface area contributed by atoms with Gasteiger partial charge in [0.2, 0.25) is 0 Å². The van der Waals surface area contributed by atoms with Crippen LogP contribution >= 0.6 is 0 Å². The molecule has 8 heteroatoms. The van der Waals surface area contributed by atoms with Crippen LogP contribution in [0.1, 0.15) is 98.6 Å². The summed E-state index contributed by atoms with van der Waals surface area (Å²) in [5.41, 5.74) is 1.05. The first-order chi connectivity index (χ1) is 16.4. The van der Waals surface area contributed by atoms with Crippen LogP contribution in [-0.2, 0) is 0 Å². The topological polar surface area (TPSA) is 50.2 Å². The highest BCUT2D eigenvalue weighted by atomic mass is 19.4. The molecule has 5 rings (SSSR count). The summed E-state index contributed by atoms with van der Waals surface area (Å²) in [6.45, 7) is 0. The molecule has 2 saturated carbocycles. The molecule has 3 aliphatic rings. The summed E-state index contributed by atoms with van der Waals surface area (Å²) in [4.78, 5) is 16.1. The molecule has 2 fully saturated rings. The standard InChI is InChI=1S/C26H33F3N4O/c27-26(28,29)23-16-22(18-10-4-1-5-11-18)31-24-21(17-30-33(23)24)25(34)32(19-12-6-2-7-13-19)20-14-8-3-9-15-20/h1,4-5,10-11,17,19-20,22-23,31H,2-3,6-9,12-16H2. The highest BCUT2D eigenvalue weighted by Crippen LogP contribution is 2.45. The van der Waals surface area contributed by atoms with Gasteiger partial charge in [0.1, 0.15) is 11.4 Å². The number of aromatic nitrogens is 2. The Labute approximate surface area is 198 Å². The molecule has 1 amide bonds. The molecule has 1 aliphatic heterocycles. The number of halogens is 3. The zero-order valence-electron chi connectivity index (χ0n) is 19.4. The number of nitrogens with one attached hydrogen (secondary N) is 1. The molecule has 34 heavy (non-hydrogen) atoms. The molecule has 0 spiro atoms. The number of anilines is 1. The molecular weight excluding hydrogens is 441 g/mol. The molecule has 2 atom stereocenters. The monoisotopic (exact) mass is 474 g/mol. The highest BCUT2D eigenvalue weighted by molar-refractivity contribution is 5.99. The summed E-state index contributed by atoms with van der Waals surface area (Å²) >= 11 is 0. The third kappa shape index (κ3) is 4.56. The molecule has 0 saturated heterocycles. The van der Waals surface area contributed by atoms with Crippen molar-refractivity contribution < 1.29 is 18.0 Å². The van der Waals surface area contributed by atoms with Crippen molar-refractivity contribution in [3.05, 3.63) is 47.7 Å². The second kappa shape index (κ2) is 9.62. The Morgan fingerprint density at radius 2 is 1.53 bits per heavy atom. The molecule has 0 radical (unpaired) electrons. The molecule has 2 aliphatic carbocycles. The SMILES string of the molecule is O=C(c1cnn2c1NC(c1ccccc1)CC2C(F)(F)F)N(C1CCCCC1)C1CCCCC1. The van der Waals surface area contributed by atoms with Crippen molar-refractivity contribution >= 4 is 11.7 Å². The smallest absolute Gasteiger partial charge is 0.363 e. The first-order valence-corrected chi connectivity index (χ1v) is 12.7. The fourth-order valence-corrected chi connectivity index (χ4v) is 6.11. The van der Waals surface area contributed by atoms with Crippen molar-refractivity contribution in [2.45, 2.75) is 101 Å². The van der Waals surface area contributed by atoms with E-state index in [2.05, 4.69) is 10.4 Å². The van der Waals surface area contributed by atoms with Crippen LogP contribution in [0.15, 0.2) is 36.5 Å². The number of hydrogen-bond acceptors (Lipinski definition) is 3. The van der Waals surface area contributed by atoms with Gasteiger partial charge in [0.05, 0.1) is 12.2 Å². The van der Waals surface area contributed by atoms with Crippen molar-refractivity contribution in [2.24, 2.45) is 0 Å². The Morgan fingerprint density at radius 1 is 0.941 bits per heavy atom. The van der Waals surface area contributed by atoms with Crippen molar-refractivity contribution in [1.82, 2.24) is 14.7 Å². The van der Waals surface area contributed by atoms with E-state index in [0.29, 0.717) is 0 Å². The molecule has 0 bridgehead atoms. The van der Waals surface area contributed by atoms with Gasteiger partial charge in [-0.05, 0) is 31.2 Å². The van der Waals surface area contributed by atoms with E-state index >= 15 is 0 Å². The number of alkyl halides is 3. The number of amides is 1. The summed E-state index contributed by atoms with van der Waals surface area (Å²) in [7, 11) is 0. The average Bonchev–Trinajstić information content (AvgIpc) is 3.29. The van der Waals surface area contributed by atoms with Crippen LogP contribution in [0.4, 0.5) is 19.0 Å². The van der Waals surface area contributed by atoms with Gasteiger partial charge in [-0.25, -0.2) is 4.68 Å². The number of hydrogen-bond donors (Lipinski definition) is 1. The normalized spacial score (nSPS) is 24.3. The van der Waals surface area contributed by atoms with E-state index < -0.39 is 18.3 Å². The Morgan fingerprint density at radius 3 is 2.09 bits per heavy atom. The average molecular weight is 475 g/mol. The van der Waals surface area contributed by atoms with Crippen LogP contribution in [0, 0.1) is 0 Å². The molecule has 184 valence electrons. The van der Waals surface area contributed by atoms with E-state index in [-0.39, 0.29) is 35.8 Å². The predicted molar refractivity (Wildman–Crippen MR) is 125 cm³/mol. The van der Waals surface area contributed by atoms with Crippen LogP contribution in [-0.4, -0.2) is 38.8 Å². The fraction of sp³-hybridized carbons (Fsp3) is 0.615. The molecule has 5 nitrogen and oxygen atoms in total. The second-order valence-electron chi connectivity index (χ2n) is 10.0. The summed E-state index contributed by atoms with van der Waals surface area (Å²) in [6.07, 6.45) is 7.36. The quantitative estimate of drug-likeness (QED) is 0.540. The Kier molecular flexibility index (Phi) is 6.58. The maximum absolute atomic E-state index is 14.1. The Bertz CT molecular complexity index is 960. The number of benzene rings is 1. The Hall–Kier alpha value is -2.51. The van der Waals surface area contributed by atoms with E-state index in [4.69, 9.17) is 0 Å². The van der Waals surface area contributed by atoms with E-state index in [0.717, 1.165) is 61.6 Å². The lowest BCUT2D eigenvalue weighted by molar-refractivity contribution is -0.173. The van der Waals surface area contributed by atoms with Crippen LogP contribution in [0.3, 0.4) is 0 Å². The van der Waals surface area contributed by atoms with Gasteiger partial charge < -0.3 is 10.2 Å². The highest BCUT2D eigenvalue weighted by Gasteiger charge is 2.48. The lowest BCUT2D eigenvalue weighted by Crippen LogP contribution is -2.49. The zero-order valence-corrected chi connectivity index (χ0v) is 19.4. The maximum atomic E-state index is 14.1. The van der Waals surface area contributed by atoms with Gasteiger partial charge in [-0.2, -0.15) is 18.3 Å². The predicted octanol–water partition coefficient (Wildman–Crippen LogP) is 6.65. The molecule has 2 heterocycles. The van der Waals surface area contributed by atoms with Crippen LogP contribution in [0.5, 0.6) is 0 Å². The Balaban J connectivity index is 1.51. The second-order valence-corrected chi connectivity index (χ2v) is 10.0. The van der Waals surface area contributed by atoms with Crippen molar-refractivity contribution in [3.63, 3.8) is 0 Å². The first kappa shape index (κ1) is 23.2. The molecule has 1 N–H and O–H groups in total. The van der Waals surface area contributed by atoms with Gasteiger partial charge in [0, 0.05) is 18.5 Å². The number of fused-ring (bicyclic) bond motifs is 1. The number of nitrogens with zero attached hydrogens (tertiary/aromatic N) is 3. The lowest BCUT2D eigenvalue weighted by atomic mass is 9.88. The molecule has 1 aromatic carbocycles. The van der Waals surface area contributed by atoms with Crippen LogP contribution in [0.2, 0.25) is 0 Å². The minimum atomic E-state index is -4.46. The van der Waals surface area contributed by atoms with Gasteiger partial charge in [-0.3, -0.25) is 4.79 Å². The number of carbonyl (C=O) groups is 1. The third-order valence-electron chi connectivity index (χ3n) is 7.84. The van der Waals surface area contributed by atoms with E-state index in [1.807, 2.05) is 35.2 Å². The zero-order chi connectivity index (χ0) is 23.7. The molecule has 2 unspecified atom stereocenters. The van der Waals surface area contributed by atoms with E-state index in [9.17, 15) is 18.0 Å². The minimum absolute atomic E-state index is 0.159. The molecular formula is C26H33F3N4O. The summed E-state index contributed by atoms with van der Waals surface area (Å²) in [6, 6.07) is 7.16. The number of rotatable bonds is 4. The van der Waals surface area contributed by atoms with Gasteiger partial charge in [0.25, 0.3) is 5.91 Å². The van der Waals surface area contributed by atoms with Crippen molar-refractivity contribution in [1.29, 1.82) is 0 Å². The van der Waals surface area contributed by atoms with Crippen molar-refractivity contribution in [2.75, 3.05) is 5.32 Å². The van der Waals surface area contributed by atoms with Gasteiger partial charge in [-0.15, -0.1) is 0 Å². The first-order valence-electron chi connectivity index (χ1n) is 12.7. The van der Waals surface area contributed by atoms with E-state index in [1.165, 1.54) is 19.0 Å². The fourth-order valence-electron chi connectivity index (χ4n) is 6.11. The summed E-state index contributed by atoms with van der Waals surface area (Å²) in [5, 5.41) is 7.37. The molecule has 1 aromatic heterocycles. The largest absolute Gasteiger partial charge is 0.410 e. The van der Waals surface area contributed by atoms with Gasteiger partial charge in [-0.1, -0.05) is 68.9 Å². The van der Waals surface area contributed by atoms with Crippen LogP contribution in [0.25, 0.3) is 0 Å². The molecule has 2 aromatic rings. The summed E-state index contributed by atoms with van der Waals surface area (Å²) in [5.74, 6) is 0.0335. The van der Waals surface area contributed by atoms with Gasteiger partial charge >= 0.3 is 6.18 Å².